The molecular weight excluding hydrogens is 290 g/mol. The van der Waals surface area contributed by atoms with Gasteiger partial charge in [0.05, 0.1) is 12.1 Å². The van der Waals surface area contributed by atoms with E-state index in [1.54, 1.807) is 12.1 Å². The van der Waals surface area contributed by atoms with Crippen molar-refractivity contribution in [1.29, 1.82) is 0 Å². The molecule has 1 heterocycles. The van der Waals surface area contributed by atoms with Crippen LogP contribution in [-0.4, -0.2) is 24.0 Å². The molecule has 0 saturated heterocycles. The Morgan fingerprint density at radius 1 is 1.29 bits per heavy atom. The van der Waals surface area contributed by atoms with Crippen molar-refractivity contribution in [2.75, 3.05) is 13.1 Å². The summed E-state index contributed by atoms with van der Waals surface area (Å²) in [5, 5.41) is 3.48. The molecule has 0 aliphatic rings. The molecule has 21 heavy (non-hydrogen) atoms. The summed E-state index contributed by atoms with van der Waals surface area (Å²) in [5.41, 5.74) is 6.83. The van der Waals surface area contributed by atoms with Crippen molar-refractivity contribution in [1.82, 2.24) is 10.3 Å². The zero-order valence-corrected chi connectivity index (χ0v) is 12.4. The van der Waals surface area contributed by atoms with Gasteiger partial charge >= 0.3 is 0 Å². The van der Waals surface area contributed by atoms with Crippen LogP contribution in [0.1, 0.15) is 18.5 Å². The van der Waals surface area contributed by atoms with Crippen LogP contribution >= 0.6 is 11.6 Å². The van der Waals surface area contributed by atoms with E-state index in [1.807, 2.05) is 12.1 Å². The molecule has 0 bridgehead atoms. The SMILES string of the molecule is NCCCCNC(=O)Cc1coc(-c2ccc(Cl)cc2)n1. The maximum atomic E-state index is 11.7. The predicted molar refractivity (Wildman–Crippen MR) is 82.0 cm³/mol. The Kier molecular flexibility index (Phi) is 5.78. The molecule has 0 atom stereocenters. The van der Waals surface area contributed by atoms with E-state index in [-0.39, 0.29) is 12.3 Å². The van der Waals surface area contributed by atoms with E-state index in [0.717, 1.165) is 18.4 Å². The first-order valence-corrected chi connectivity index (χ1v) is 7.24. The summed E-state index contributed by atoms with van der Waals surface area (Å²) < 4.78 is 5.38. The molecule has 3 N–H and O–H groups in total. The fourth-order valence-corrected chi connectivity index (χ4v) is 1.96. The quantitative estimate of drug-likeness (QED) is 0.770. The predicted octanol–water partition coefficient (Wildman–Crippen LogP) is 2.39. The Hall–Kier alpha value is -1.85. The van der Waals surface area contributed by atoms with Crippen molar-refractivity contribution in [3.63, 3.8) is 0 Å². The van der Waals surface area contributed by atoms with Crippen LogP contribution in [0, 0.1) is 0 Å². The molecule has 2 rings (SSSR count). The highest BCUT2D eigenvalue weighted by Gasteiger charge is 2.10. The Morgan fingerprint density at radius 3 is 2.76 bits per heavy atom. The molecule has 0 saturated carbocycles. The summed E-state index contributed by atoms with van der Waals surface area (Å²) in [6, 6.07) is 7.19. The van der Waals surface area contributed by atoms with Crippen LogP contribution < -0.4 is 11.1 Å². The number of nitrogens with zero attached hydrogens (tertiary/aromatic N) is 1. The summed E-state index contributed by atoms with van der Waals surface area (Å²) in [5.74, 6) is 0.417. The van der Waals surface area contributed by atoms with Gasteiger partial charge < -0.3 is 15.5 Å². The molecule has 0 spiro atoms. The normalized spacial score (nSPS) is 10.6. The second-order valence-electron chi connectivity index (χ2n) is 4.67. The van der Waals surface area contributed by atoms with Crippen molar-refractivity contribution < 1.29 is 9.21 Å². The molecule has 112 valence electrons. The van der Waals surface area contributed by atoms with Crippen LogP contribution in [0.2, 0.25) is 5.02 Å². The second kappa shape index (κ2) is 7.81. The fraction of sp³-hybridized carbons (Fsp3) is 0.333. The Labute approximate surface area is 128 Å². The lowest BCUT2D eigenvalue weighted by atomic mass is 10.2. The van der Waals surface area contributed by atoms with Crippen LogP contribution in [0.15, 0.2) is 34.9 Å². The first kappa shape index (κ1) is 15.5. The van der Waals surface area contributed by atoms with E-state index in [2.05, 4.69) is 10.3 Å². The van der Waals surface area contributed by atoms with Gasteiger partial charge in [-0.2, -0.15) is 0 Å². The van der Waals surface area contributed by atoms with Crippen molar-refractivity contribution in [3.05, 3.63) is 41.2 Å². The molecule has 0 radical (unpaired) electrons. The highest BCUT2D eigenvalue weighted by atomic mass is 35.5. The van der Waals surface area contributed by atoms with Gasteiger partial charge in [-0.1, -0.05) is 11.6 Å². The van der Waals surface area contributed by atoms with Gasteiger partial charge in [0.15, 0.2) is 0 Å². The van der Waals surface area contributed by atoms with Crippen molar-refractivity contribution >= 4 is 17.5 Å². The molecule has 1 aromatic carbocycles. The lowest BCUT2D eigenvalue weighted by Gasteiger charge is -2.02. The minimum atomic E-state index is -0.0667. The van der Waals surface area contributed by atoms with Gasteiger partial charge in [0, 0.05) is 17.1 Å². The number of rotatable bonds is 7. The number of benzene rings is 1. The lowest BCUT2D eigenvalue weighted by molar-refractivity contribution is -0.120. The Bertz CT molecular complexity index is 581. The molecule has 0 aliphatic heterocycles. The zero-order valence-electron chi connectivity index (χ0n) is 11.6. The topological polar surface area (TPSA) is 81.1 Å². The lowest BCUT2D eigenvalue weighted by Crippen LogP contribution is -2.26. The number of carbonyl (C=O) groups is 1. The first-order chi connectivity index (χ1) is 10.2. The molecule has 2 aromatic rings. The van der Waals surface area contributed by atoms with E-state index in [9.17, 15) is 4.79 Å². The number of unbranched alkanes of at least 4 members (excludes halogenated alkanes) is 1. The third-order valence-corrected chi connectivity index (χ3v) is 3.19. The van der Waals surface area contributed by atoms with Crippen LogP contribution in [-0.2, 0) is 11.2 Å². The van der Waals surface area contributed by atoms with Gasteiger partial charge in [0.25, 0.3) is 0 Å². The average molecular weight is 308 g/mol. The van der Waals surface area contributed by atoms with Crippen LogP contribution in [0.4, 0.5) is 0 Å². The van der Waals surface area contributed by atoms with Crippen LogP contribution in [0.5, 0.6) is 0 Å². The van der Waals surface area contributed by atoms with E-state index in [0.29, 0.717) is 29.7 Å². The molecule has 5 nitrogen and oxygen atoms in total. The van der Waals surface area contributed by atoms with E-state index < -0.39 is 0 Å². The largest absolute Gasteiger partial charge is 0.444 e. The average Bonchev–Trinajstić information content (AvgIpc) is 2.93. The van der Waals surface area contributed by atoms with E-state index in [4.69, 9.17) is 21.8 Å². The molecule has 1 aromatic heterocycles. The molecule has 1 amide bonds. The molecular formula is C15H18ClN3O2. The number of carbonyl (C=O) groups excluding carboxylic acids is 1. The number of oxazole rings is 1. The van der Waals surface area contributed by atoms with E-state index in [1.165, 1.54) is 6.26 Å². The smallest absolute Gasteiger partial charge is 0.226 e. The second-order valence-corrected chi connectivity index (χ2v) is 5.11. The standard InChI is InChI=1S/C15H18ClN3O2/c16-12-5-3-11(4-6-12)15-19-13(10-21-15)9-14(20)18-8-2-1-7-17/h3-6,10H,1-2,7-9,17H2,(H,18,20). The fourth-order valence-electron chi connectivity index (χ4n) is 1.84. The minimum absolute atomic E-state index is 0.0667. The highest BCUT2D eigenvalue weighted by Crippen LogP contribution is 2.20. The Balaban J connectivity index is 1.88. The van der Waals surface area contributed by atoms with Gasteiger partial charge in [-0.05, 0) is 43.7 Å². The monoisotopic (exact) mass is 307 g/mol. The summed E-state index contributed by atoms with van der Waals surface area (Å²) in [7, 11) is 0. The molecule has 0 fully saturated rings. The maximum absolute atomic E-state index is 11.7. The third kappa shape index (κ3) is 4.88. The molecule has 0 unspecified atom stereocenters. The van der Waals surface area contributed by atoms with Crippen molar-refractivity contribution in [3.8, 4) is 11.5 Å². The van der Waals surface area contributed by atoms with Crippen molar-refractivity contribution in [2.24, 2.45) is 5.73 Å². The number of nitrogens with one attached hydrogen (secondary N) is 1. The van der Waals surface area contributed by atoms with Gasteiger partial charge in [-0.25, -0.2) is 4.98 Å². The third-order valence-electron chi connectivity index (χ3n) is 2.94. The highest BCUT2D eigenvalue weighted by molar-refractivity contribution is 6.30. The number of hydrogen-bond acceptors (Lipinski definition) is 4. The summed E-state index contributed by atoms with van der Waals surface area (Å²) in [4.78, 5) is 16.0. The van der Waals surface area contributed by atoms with Gasteiger partial charge in [0.2, 0.25) is 11.8 Å². The number of hydrogen-bond donors (Lipinski definition) is 2. The number of amides is 1. The summed E-state index contributed by atoms with van der Waals surface area (Å²) >= 11 is 5.83. The maximum Gasteiger partial charge on any atom is 0.226 e. The van der Waals surface area contributed by atoms with Gasteiger partial charge in [-0.3, -0.25) is 4.79 Å². The minimum Gasteiger partial charge on any atom is -0.444 e. The van der Waals surface area contributed by atoms with Crippen molar-refractivity contribution in [2.45, 2.75) is 19.3 Å². The summed E-state index contributed by atoms with van der Waals surface area (Å²) in [6.07, 6.45) is 3.51. The number of halogens is 1. The number of nitrogens with two attached hydrogens (primary N) is 1. The van der Waals surface area contributed by atoms with Gasteiger partial charge in [0.1, 0.15) is 6.26 Å². The van der Waals surface area contributed by atoms with Gasteiger partial charge in [-0.15, -0.1) is 0 Å². The summed E-state index contributed by atoms with van der Waals surface area (Å²) in [6.45, 7) is 1.28. The van der Waals surface area contributed by atoms with E-state index >= 15 is 0 Å². The molecule has 0 aliphatic carbocycles. The first-order valence-electron chi connectivity index (χ1n) is 6.86. The zero-order chi connectivity index (χ0) is 15.1. The molecule has 6 heteroatoms. The Morgan fingerprint density at radius 2 is 2.05 bits per heavy atom. The van der Waals surface area contributed by atoms with Crippen LogP contribution in [0.25, 0.3) is 11.5 Å². The van der Waals surface area contributed by atoms with Crippen LogP contribution in [0.3, 0.4) is 0 Å². The number of aromatic nitrogens is 1.